The number of rotatable bonds is 0. The third-order valence-electron chi connectivity index (χ3n) is 1.80. The van der Waals surface area contributed by atoms with Crippen LogP contribution in [0.15, 0.2) is 27.7 Å². The van der Waals surface area contributed by atoms with Crippen LogP contribution in [0.2, 0.25) is 0 Å². The van der Waals surface area contributed by atoms with Gasteiger partial charge >= 0.3 is 0 Å². The second kappa shape index (κ2) is 3.16. The lowest BCUT2D eigenvalue weighted by Gasteiger charge is -2.20. The van der Waals surface area contributed by atoms with E-state index in [4.69, 9.17) is 12.2 Å². The van der Waals surface area contributed by atoms with Crippen LogP contribution in [0.4, 0.5) is 0 Å². The molecule has 1 atom stereocenters. The zero-order chi connectivity index (χ0) is 9.42. The van der Waals surface area contributed by atoms with Crippen molar-refractivity contribution in [2.45, 2.75) is 0 Å². The molecule has 0 saturated carbocycles. The van der Waals surface area contributed by atoms with E-state index in [1.54, 1.807) is 12.2 Å². The van der Waals surface area contributed by atoms with E-state index in [-0.39, 0.29) is 16.9 Å². The van der Waals surface area contributed by atoms with E-state index in [0.717, 1.165) is 4.48 Å². The summed E-state index contributed by atoms with van der Waals surface area (Å²) in [7, 11) is 0. The van der Waals surface area contributed by atoms with E-state index >= 15 is 0 Å². The lowest BCUT2D eigenvalue weighted by molar-refractivity contribution is -0.120. The maximum atomic E-state index is 11.4. The van der Waals surface area contributed by atoms with Crippen LogP contribution < -0.4 is 5.32 Å². The van der Waals surface area contributed by atoms with Crippen LogP contribution in [0.5, 0.6) is 0 Å². The Labute approximate surface area is 88.7 Å². The predicted octanol–water partition coefficient (Wildman–Crippen LogP) is 1.31. The highest BCUT2D eigenvalue weighted by molar-refractivity contribution is 9.11. The van der Waals surface area contributed by atoms with Gasteiger partial charge in [0.2, 0.25) is 5.91 Å². The van der Waals surface area contributed by atoms with E-state index < -0.39 is 0 Å². The Morgan fingerprint density at radius 1 is 1.54 bits per heavy atom. The number of fused-ring (bicyclic) bond motifs is 1. The summed E-state index contributed by atoms with van der Waals surface area (Å²) in [6, 6.07) is 0. The first kappa shape index (κ1) is 8.77. The molecular formula is C8H5BrN2OS. The molecule has 0 aromatic carbocycles. The van der Waals surface area contributed by atoms with Gasteiger partial charge in [0, 0.05) is 4.48 Å². The second-order valence-corrected chi connectivity index (χ2v) is 4.00. The zero-order valence-electron chi connectivity index (χ0n) is 6.45. The van der Waals surface area contributed by atoms with Crippen molar-refractivity contribution >= 4 is 44.9 Å². The van der Waals surface area contributed by atoms with Crippen LogP contribution in [0.25, 0.3) is 0 Å². The van der Waals surface area contributed by atoms with E-state index in [9.17, 15) is 4.79 Å². The number of carbonyl (C=O) groups is 1. The van der Waals surface area contributed by atoms with Gasteiger partial charge in [0.25, 0.3) is 0 Å². The molecule has 1 amide bonds. The topological polar surface area (TPSA) is 41.5 Å². The Morgan fingerprint density at radius 2 is 2.31 bits per heavy atom. The molecule has 1 unspecified atom stereocenters. The summed E-state index contributed by atoms with van der Waals surface area (Å²) in [6.45, 7) is 0. The third kappa shape index (κ3) is 1.62. The first-order valence-corrected chi connectivity index (χ1v) is 4.86. The summed E-state index contributed by atoms with van der Waals surface area (Å²) in [6.07, 6.45) is 5.44. The Hall–Kier alpha value is -0.810. The molecule has 2 rings (SSSR count). The lowest BCUT2D eigenvalue weighted by atomic mass is 9.96. The minimum Gasteiger partial charge on any atom is -0.300 e. The van der Waals surface area contributed by atoms with E-state index in [2.05, 4.69) is 26.2 Å². The summed E-state index contributed by atoms with van der Waals surface area (Å²) in [5, 5.41) is 2.75. The quantitative estimate of drug-likeness (QED) is 0.665. The molecule has 1 N–H and O–H groups in total. The number of carbonyl (C=O) groups excluding carboxylic acids is 1. The minimum absolute atomic E-state index is 0.115. The van der Waals surface area contributed by atoms with Gasteiger partial charge in [-0.15, -0.1) is 0 Å². The van der Waals surface area contributed by atoms with E-state index in [1.807, 2.05) is 6.08 Å². The van der Waals surface area contributed by atoms with Gasteiger partial charge in [-0.25, -0.2) is 4.99 Å². The van der Waals surface area contributed by atoms with E-state index in [1.165, 1.54) is 0 Å². The SMILES string of the molecule is O=C1NC(=S)N=C2C=CC(Br)=CC12. The standard InChI is InChI=1S/C8H5BrN2OS/c9-4-1-2-6-5(3-4)7(12)11-8(13)10-6/h1-3,5H,(H,11,12,13). The van der Waals surface area contributed by atoms with Gasteiger partial charge in [-0.05, 0) is 24.4 Å². The van der Waals surface area contributed by atoms with Crippen molar-refractivity contribution in [2.75, 3.05) is 0 Å². The van der Waals surface area contributed by atoms with Crippen LogP contribution in [0.3, 0.4) is 0 Å². The number of allylic oxidation sites excluding steroid dienone is 3. The van der Waals surface area contributed by atoms with Crippen LogP contribution in [-0.2, 0) is 4.79 Å². The van der Waals surface area contributed by atoms with Crippen LogP contribution in [0.1, 0.15) is 0 Å². The fraction of sp³-hybridized carbons (Fsp3) is 0.125. The molecule has 0 aromatic heterocycles. The average Bonchev–Trinajstić information content (AvgIpc) is 2.06. The molecule has 2 aliphatic rings. The number of hydrogen-bond acceptors (Lipinski definition) is 2. The maximum absolute atomic E-state index is 11.4. The molecule has 0 aromatic rings. The molecule has 3 nitrogen and oxygen atoms in total. The lowest BCUT2D eigenvalue weighted by Crippen LogP contribution is -2.42. The van der Waals surface area contributed by atoms with Crippen molar-refractivity contribution in [3.05, 3.63) is 22.7 Å². The highest BCUT2D eigenvalue weighted by atomic mass is 79.9. The number of halogens is 1. The highest BCUT2D eigenvalue weighted by Gasteiger charge is 2.27. The zero-order valence-corrected chi connectivity index (χ0v) is 8.85. The Balaban J connectivity index is 2.44. The molecule has 66 valence electrons. The molecule has 0 fully saturated rings. The van der Waals surface area contributed by atoms with Crippen molar-refractivity contribution in [2.24, 2.45) is 10.9 Å². The number of aliphatic imine (C=N–C) groups is 1. The second-order valence-electron chi connectivity index (χ2n) is 2.69. The van der Waals surface area contributed by atoms with Gasteiger partial charge in [-0.3, -0.25) is 4.79 Å². The molecule has 1 heterocycles. The normalized spacial score (nSPS) is 26.1. The third-order valence-corrected chi connectivity index (χ3v) is 2.52. The molecule has 0 radical (unpaired) electrons. The van der Waals surface area contributed by atoms with Crippen molar-refractivity contribution < 1.29 is 4.79 Å². The number of nitrogens with one attached hydrogen (secondary N) is 1. The van der Waals surface area contributed by atoms with Gasteiger partial charge in [-0.2, -0.15) is 0 Å². The maximum Gasteiger partial charge on any atom is 0.239 e. The van der Waals surface area contributed by atoms with Crippen LogP contribution >= 0.6 is 28.1 Å². The number of amides is 1. The minimum atomic E-state index is -0.300. The fourth-order valence-electron chi connectivity index (χ4n) is 1.21. The summed E-state index contributed by atoms with van der Waals surface area (Å²) in [5.74, 6) is -0.414. The van der Waals surface area contributed by atoms with Crippen molar-refractivity contribution in [1.29, 1.82) is 0 Å². The molecule has 13 heavy (non-hydrogen) atoms. The van der Waals surface area contributed by atoms with Gasteiger partial charge in [0.05, 0.1) is 5.71 Å². The summed E-state index contributed by atoms with van der Waals surface area (Å²) >= 11 is 8.09. The Kier molecular flexibility index (Phi) is 2.13. The van der Waals surface area contributed by atoms with E-state index in [0.29, 0.717) is 5.71 Å². The highest BCUT2D eigenvalue weighted by Crippen LogP contribution is 2.21. The summed E-state index contributed by atoms with van der Waals surface area (Å²) in [5.41, 5.74) is 0.706. The molecule has 0 bridgehead atoms. The molecule has 1 aliphatic heterocycles. The van der Waals surface area contributed by atoms with Gasteiger partial charge in [0.15, 0.2) is 5.11 Å². The number of thiocarbonyl (C=S) groups is 1. The van der Waals surface area contributed by atoms with Crippen molar-refractivity contribution in [1.82, 2.24) is 5.32 Å². The van der Waals surface area contributed by atoms with Crippen molar-refractivity contribution in [3.8, 4) is 0 Å². The smallest absolute Gasteiger partial charge is 0.239 e. The largest absolute Gasteiger partial charge is 0.300 e. The molecule has 0 spiro atoms. The molecule has 0 saturated heterocycles. The van der Waals surface area contributed by atoms with Crippen LogP contribution in [-0.4, -0.2) is 16.7 Å². The first-order valence-electron chi connectivity index (χ1n) is 3.65. The van der Waals surface area contributed by atoms with Gasteiger partial charge in [-0.1, -0.05) is 22.0 Å². The molecule has 5 heteroatoms. The predicted molar refractivity (Wildman–Crippen MR) is 57.8 cm³/mol. The summed E-state index contributed by atoms with van der Waals surface area (Å²) in [4.78, 5) is 15.5. The Bertz CT molecular complexity index is 384. The first-order chi connectivity index (χ1) is 6.16. The number of hydrogen-bond donors (Lipinski definition) is 1. The Morgan fingerprint density at radius 3 is 3.08 bits per heavy atom. The van der Waals surface area contributed by atoms with Crippen LogP contribution in [0, 0.1) is 5.92 Å². The average molecular weight is 257 g/mol. The molecule has 1 aliphatic carbocycles. The van der Waals surface area contributed by atoms with Gasteiger partial charge < -0.3 is 5.32 Å². The fourth-order valence-corrected chi connectivity index (χ4v) is 1.82. The van der Waals surface area contributed by atoms with Crippen molar-refractivity contribution in [3.63, 3.8) is 0 Å². The van der Waals surface area contributed by atoms with Gasteiger partial charge in [0.1, 0.15) is 5.92 Å². The monoisotopic (exact) mass is 256 g/mol. The summed E-state index contributed by atoms with van der Waals surface area (Å²) < 4.78 is 0.888. The number of nitrogens with zero attached hydrogens (tertiary/aromatic N) is 1. The molecular weight excluding hydrogens is 252 g/mol.